The molecule has 0 bridgehead atoms. The van der Waals surface area contributed by atoms with Crippen molar-refractivity contribution >= 4 is 42.3 Å². The van der Waals surface area contributed by atoms with Crippen LogP contribution >= 0.6 is 12.6 Å². The van der Waals surface area contributed by atoms with Gasteiger partial charge in [0, 0.05) is 5.75 Å². The maximum absolute atomic E-state index is 12.5. The lowest BCUT2D eigenvalue weighted by Gasteiger charge is -2.25. The highest BCUT2D eigenvalue weighted by Gasteiger charge is 2.32. The number of carbonyl (C=O) groups excluding carboxylic acids is 3. The number of hydrogen-bond donors (Lipinski definition) is 7. The molecule has 0 saturated carbocycles. The fraction of sp³-hybridized carbons (Fsp3) is 0.722. The van der Waals surface area contributed by atoms with Gasteiger partial charge in [-0.15, -0.1) is 0 Å². The largest absolute Gasteiger partial charge is 0.481 e. The summed E-state index contributed by atoms with van der Waals surface area (Å²) < 4.78 is 0. The van der Waals surface area contributed by atoms with Crippen molar-refractivity contribution in [3.05, 3.63) is 0 Å². The molecule has 0 fully saturated rings. The average molecular weight is 449 g/mol. The Bertz CT molecular complexity index is 644. The van der Waals surface area contributed by atoms with E-state index in [9.17, 15) is 29.1 Å². The lowest BCUT2D eigenvalue weighted by molar-refractivity contribution is -0.144. The van der Waals surface area contributed by atoms with Gasteiger partial charge >= 0.3 is 11.9 Å². The minimum absolute atomic E-state index is 0.129. The first kappa shape index (κ1) is 27.7. The molecule has 0 aromatic heterocycles. The number of carbonyl (C=O) groups is 5. The second-order valence-corrected chi connectivity index (χ2v) is 7.75. The van der Waals surface area contributed by atoms with E-state index >= 15 is 0 Å². The highest BCUT2D eigenvalue weighted by atomic mass is 32.1. The minimum atomic E-state index is -1.54. The van der Waals surface area contributed by atoms with Gasteiger partial charge in [-0.25, -0.2) is 4.79 Å². The number of aliphatic carboxylic acids is 2. The SMILES string of the molecule is CCC(C)C(N)C(=O)NC(CS)C(=O)NC(CC(=O)O)C(=O)NC(C(=O)O)C(C)C. The van der Waals surface area contributed by atoms with Gasteiger partial charge < -0.3 is 31.9 Å². The number of carboxylic acid groups (broad SMARTS) is 2. The molecule has 0 aromatic rings. The molecule has 0 spiro atoms. The van der Waals surface area contributed by atoms with Crippen molar-refractivity contribution in [2.75, 3.05) is 5.75 Å². The molecular formula is C18H32N4O7S. The molecule has 0 rings (SSSR count). The van der Waals surface area contributed by atoms with Gasteiger partial charge in [0.2, 0.25) is 17.7 Å². The Morgan fingerprint density at radius 1 is 0.900 bits per heavy atom. The van der Waals surface area contributed by atoms with E-state index in [1.807, 2.05) is 6.92 Å². The predicted molar refractivity (Wildman–Crippen MR) is 112 cm³/mol. The van der Waals surface area contributed by atoms with Gasteiger partial charge in [0.15, 0.2) is 0 Å². The lowest BCUT2D eigenvalue weighted by atomic mass is 9.99. The number of nitrogens with two attached hydrogens (primary N) is 1. The summed E-state index contributed by atoms with van der Waals surface area (Å²) >= 11 is 4.02. The third-order valence-corrected chi connectivity index (χ3v) is 4.98. The van der Waals surface area contributed by atoms with Gasteiger partial charge in [-0.3, -0.25) is 19.2 Å². The van der Waals surface area contributed by atoms with Crippen molar-refractivity contribution in [3.63, 3.8) is 0 Å². The second kappa shape index (κ2) is 13.1. The Balaban J connectivity index is 5.31. The molecule has 11 nitrogen and oxygen atoms in total. The van der Waals surface area contributed by atoms with Crippen LogP contribution in [0.2, 0.25) is 0 Å². The first-order chi connectivity index (χ1) is 13.8. The lowest BCUT2D eigenvalue weighted by Crippen LogP contribution is -2.58. The number of amides is 3. The van der Waals surface area contributed by atoms with Gasteiger partial charge in [-0.05, 0) is 11.8 Å². The van der Waals surface area contributed by atoms with E-state index in [-0.39, 0.29) is 11.7 Å². The van der Waals surface area contributed by atoms with Crippen LogP contribution in [0.25, 0.3) is 0 Å². The van der Waals surface area contributed by atoms with Crippen molar-refractivity contribution in [2.45, 2.75) is 64.7 Å². The molecule has 30 heavy (non-hydrogen) atoms. The molecule has 5 unspecified atom stereocenters. The molecule has 0 heterocycles. The first-order valence-corrected chi connectivity index (χ1v) is 10.2. The van der Waals surface area contributed by atoms with Crippen LogP contribution in [0.1, 0.15) is 40.5 Å². The fourth-order valence-electron chi connectivity index (χ4n) is 2.40. The summed E-state index contributed by atoms with van der Waals surface area (Å²) in [5, 5.41) is 25.1. The smallest absolute Gasteiger partial charge is 0.326 e. The molecule has 172 valence electrons. The molecule has 5 atom stereocenters. The third kappa shape index (κ3) is 8.99. The summed E-state index contributed by atoms with van der Waals surface area (Å²) in [5.41, 5.74) is 5.84. The summed E-state index contributed by atoms with van der Waals surface area (Å²) in [7, 11) is 0. The monoisotopic (exact) mass is 448 g/mol. The standard InChI is InChI=1S/C18H32N4O7S/c1-5-9(4)13(19)17(27)21-11(7-30)16(26)20-10(6-12(23)24)15(25)22-14(8(2)3)18(28)29/h8-11,13-14,30H,5-7,19H2,1-4H3,(H,20,26)(H,21,27)(H,22,25)(H,23,24)(H,28,29). The summed E-state index contributed by atoms with van der Waals surface area (Å²) in [5.74, 6) is -5.79. The molecule has 12 heteroatoms. The van der Waals surface area contributed by atoms with Crippen molar-refractivity contribution < 1.29 is 34.2 Å². The van der Waals surface area contributed by atoms with E-state index in [1.54, 1.807) is 20.8 Å². The Kier molecular flexibility index (Phi) is 12.0. The Hall–Kier alpha value is -2.34. The second-order valence-electron chi connectivity index (χ2n) is 7.38. The molecule has 0 aliphatic heterocycles. The molecule has 0 aromatic carbocycles. The third-order valence-electron chi connectivity index (χ3n) is 4.62. The van der Waals surface area contributed by atoms with E-state index in [4.69, 9.17) is 10.8 Å². The Labute approximate surface area is 180 Å². The maximum Gasteiger partial charge on any atom is 0.326 e. The van der Waals surface area contributed by atoms with Crippen LogP contribution in [0.15, 0.2) is 0 Å². The van der Waals surface area contributed by atoms with Gasteiger partial charge in [-0.2, -0.15) is 12.6 Å². The van der Waals surface area contributed by atoms with Crippen molar-refractivity contribution in [1.82, 2.24) is 16.0 Å². The van der Waals surface area contributed by atoms with Gasteiger partial charge in [0.1, 0.15) is 18.1 Å². The van der Waals surface area contributed by atoms with Crippen LogP contribution in [0, 0.1) is 11.8 Å². The maximum atomic E-state index is 12.5. The van der Waals surface area contributed by atoms with Gasteiger partial charge in [-0.1, -0.05) is 34.1 Å². The van der Waals surface area contributed by atoms with Crippen LogP contribution in [-0.4, -0.2) is 69.8 Å². The molecule has 3 amide bonds. The summed E-state index contributed by atoms with van der Waals surface area (Å²) in [6.45, 7) is 6.77. The van der Waals surface area contributed by atoms with Crippen LogP contribution in [0.5, 0.6) is 0 Å². The quantitative estimate of drug-likeness (QED) is 0.174. The van der Waals surface area contributed by atoms with Gasteiger partial charge in [0.05, 0.1) is 12.5 Å². The normalized spacial score (nSPS) is 16.0. The fourth-order valence-corrected chi connectivity index (χ4v) is 2.66. The zero-order valence-corrected chi connectivity index (χ0v) is 18.4. The molecular weight excluding hydrogens is 416 g/mol. The molecule has 0 radical (unpaired) electrons. The first-order valence-electron chi connectivity index (χ1n) is 9.57. The summed E-state index contributed by atoms with van der Waals surface area (Å²) in [6.07, 6.45) is -0.130. The Morgan fingerprint density at radius 2 is 1.40 bits per heavy atom. The number of hydrogen-bond acceptors (Lipinski definition) is 7. The van der Waals surface area contributed by atoms with E-state index in [1.165, 1.54) is 0 Å². The van der Waals surface area contributed by atoms with E-state index < -0.39 is 66.2 Å². The zero-order valence-electron chi connectivity index (χ0n) is 17.5. The number of nitrogens with one attached hydrogen (secondary N) is 3. The van der Waals surface area contributed by atoms with E-state index in [2.05, 4.69) is 28.6 Å². The summed E-state index contributed by atoms with van der Waals surface area (Å²) in [4.78, 5) is 59.6. The molecule has 0 aliphatic rings. The number of thiol groups is 1. The zero-order chi connectivity index (χ0) is 23.6. The predicted octanol–water partition coefficient (Wildman–Crippen LogP) is -1.04. The van der Waals surface area contributed by atoms with Crippen LogP contribution in [0.4, 0.5) is 0 Å². The van der Waals surface area contributed by atoms with Crippen molar-refractivity contribution in [2.24, 2.45) is 17.6 Å². The van der Waals surface area contributed by atoms with Gasteiger partial charge in [0.25, 0.3) is 0 Å². The van der Waals surface area contributed by atoms with E-state index in [0.717, 1.165) is 0 Å². The van der Waals surface area contributed by atoms with Crippen LogP contribution in [-0.2, 0) is 24.0 Å². The Morgan fingerprint density at radius 3 is 1.80 bits per heavy atom. The van der Waals surface area contributed by atoms with E-state index in [0.29, 0.717) is 6.42 Å². The summed E-state index contributed by atoms with van der Waals surface area (Å²) in [6, 6.07) is -4.83. The highest BCUT2D eigenvalue weighted by molar-refractivity contribution is 7.80. The highest BCUT2D eigenvalue weighted by Crippen LogP contribution is 2.07. The van der Waals surface area contributed by atoms with Crippen LogP contribution < -0.4 is 21.7 Å². The minimum Gasteiger partial charge on any atom is -0.481 e. The van der Waals surface area contributed by atoms with Crippen molar-refractivity contribution in [3.8, 4) is 0 Å². The number of rotatable bonds is 13. The van der Waals surface area contributed by atoms with Crippen LogP contribution in [0.3, 0.4) is 0 Å². The van der Waals surface area contributed by atoms with Crippen molar-refractivity contribution in [1.29, 1.82) is 0 Å². The molecule has 7 N–H and O–H groups in total. The molecule has 0 saturated heterocycles. The topological polar surface area (TPSA) is 188 Å². The average Bonchev–Trinajstić information content (AvgIpc) is 2.66. The molecule has 0 aliphatic carbocycles. The number of carboxylic acids is 2.